The summed E-state index contributed by atoms with van der Waals surface area (Å²) in [5.74, 6) is 0.532. The summed E-state index contributed by atoms with van der Waals surface area (Å²) >= 11 is 9.00. The molecule has 1 aromatic rings. The average Bonchev–Trinajstić information content (AvgIpc) is 2.49. The van der Waals surface area contributed by atoms with Crippen molar-refractivity contribution >= 4 is 33.7 Å². The van der Waals surface area contributed by atoms with Crippen LogP contribution < -0.4 is 0 Å². The number of halogens is 2. The minimum atomic E-state index is 0.532. The van der Waals surface area contributed by atoms with Crippen LogP contribution in [0.15, 0.2) is 29.8 Å². The molecule has 98 valence electrons. The van der Waals surface area contributed by atoms with E-state index in [2.05, 4.69) is 48.0 Å². The van der Waals surface area contributed by atoms with E-state index < -0.39 is 0 Å². The van der Waals surface area contributed by atoms with Crippen molar-refractivity contribution in [3.8, 4) is 0 Å². The van der Waals surface area contributed by atoms with Crippen molar-refractivity contribution in [1.29, 1.82) is 5.41 Å². The van der Waals surface area contributed by atoms with Crippen molar-refractivity contribution in [3.63, 3.8) is 0 Å². The summed E-state index contributed by atoms with van der Waals surface area (Å²) in [4.78, 5) is 0. The van der Waals surface area contributed by atoms with Gasteiger partial charge in [0.15, 0.2) is 0 Å². The Bertz CT molecular complexity index is 440. The maximum absolute atomic E-state index is 6.28. The van der Waals surface area contributed by atoms with Crippen LogP contribution in [-0.2, 0) is 6.42 Å². The average molecular weight is 329 g/mol. The molecule has 0 amide bonds. The molecule has 1 N–H and O–H groups in total. The predicted molar refractivity (Wildman–Crippen MR) is 84.5 cm³/mol. The van der Waals surface area contributed by atoms with Crippen LogP contribution in [0.3, 0.4) is 0 Å². The molecule has 0 radical (unpaired) electrons. The normalized spacial score (nSPS) is 17.8. The minimum absolute atomic E-state index is 0.532. The summed E-state index contributed by atoms with van der Waals surface area (Å²) in [7, 11) is 0. The van der Waals surface area contributed by atoms with E-state index in [1.54, 1.807) is 0 Å². The Morgan fingerprint density at radius 2 is 2.11 bits per heavy atom. The fourth-order valence-corrected chi connectivity index (χ4v) is 2.36. The summed E-state index contributed by atoms with van der Waals surface area (Å²) in [6.07, 6.45) is 5.94. The van der Waals surface area contributed by atoms with E-state index in [0.717, 1.165) is 17.9 Å². The number of fused-ring (bicyclic) bond motifs is 1. The molecule has 0 bridgehead atoms. The zero-order valence-electron chi connectivity index (χ0n) is 10.8. The Hall–Kier alpha value is -0.600. The Kier molecular flexibility index (Phi) is 6.66. The number of hydrogen-bond donors (Lipinski definition) is 1. The third kappa shape index (κ3) is 4.58. The van der Waals surface area contributed by atoms with Crippen molar-refractivity contribution in [1.82, 2.24) is 0 Å². The van der Waals surface area contributed by atoms with E-state index in [1.807, 2.05) is 6.07 Å². The third-order valence-corrected chi connectivity index (χ3v) is 3.55. The third-order valence-electron chi connectivity index (χ3n) is 3.00. The minimum Gasteiger partial charge on any atom is -0.312 e. The maximum atomic E-state index is 6.28. The molecule has 1 aliphatic carbocycles. The van der Waals surface area contributed by atoms with Crippen LogP contribution in [-0.4, -0.2) is 11.5 Å². The molecule has 0 heterocycles. The highest BCUT2D eigenvalue weighted by atomic mass is 79.9. The van der Waals surface area contributed by atoms with Gasteiger partial charge < -0.3 is 5.41 Å². The molecular formula is C15H19BrClN. The molecule has 2 rings (SSSR count). The van der Waals surface area contributed by atoms with E-state index in [-0.39, 0.29) is 0 Å². The van der Waals surface area contributed by atoms with Crippen molar-refractivity contribution in [2.75, 3.05) is 5.33 Å². The van der Waals surface area contributed by atoms with Crippen molar-refractivity contribution in [2.24, 2.45) is 0 Å². The zero-order chi connectivity index (χ0) is 13.5. The predicted octanol–water partition coefficient (Wildman–Crippen LogP) is 5.37. The van der Waals surface area contributed by atoms with Crippen molar-refractivity contribution in [2.45, 2.75) is 32.6 Å². The molecule has 1 nitrogen and oxygen atoms in total. The second-order valence-corrected chi connectivity index (χ2v) is 5.59. The van der Waals surface area contributed by atoms with E-state index in [4.69, 9.17) is 17.0 Å². The first-order chi connectivity index (χ1) is 8.58. The first-order valence-electron chi connectivity index (χ1n) is 6.09. The summed E-state index contributed by atoms with van der Waals surface area (Å²) in [6, 6.07) is 6.27. The van der Waals surface area contributed by atoms with Gasteiger partial charge in [0.1, 0.15) is 0 Å². The van der Waals surface area contributed by atoms with Gasteiger partial charge in [0.25, 0.3) is 0 Å². The van der Waals surface area contributed by atoms with Crippen molar-refractivity contribution < 1.29 is 0 Å². The summed E-state index contributed by atoms with van der Waals surface area (Å²) < 4.78 is 0. The summed E-state index contributed by atoms with van der Waals surface area (Å²) in [6.45, 7) is 4.46. The first kappa shape index (κ1) is 15.5. The Balaban J connectivity index is 0.000000357. The highest BCUT2D eigenvalue weighted by Crippen LogP contribution is 2.30. The fourth-order valence-electron chi connectivity index (χ4n) is 2.17. The standard InChI is InChI=1S/C13H15Cl.C2H4BrN/c1-9-3-4-11-8-12(14)5-6-13(11)10(2)7-9;3-1-2-4/h5-8,10H,3-4H2,1-2H3;2,4H,1H2. The number of allylic oxidation sites excluding steroid dienone is 2. The van der Waals surface area contributed by atoms with E-state index in [1.165, 1.54) is 22.9 Å². The Morgan fingerprint density at radius 3 is 2.72 bits per heavy atom. The number of aryl methyl sites for hydroxylation is 1. The molecule has 3 heteroatoms. The van der Waals surface area contributed by atoms with Gasteiger partial charge in [0, 0.05) is 16.6 Å². The molecular weight excluding hydrogens is 310 g/mol. The van der Waals surface area contributed by atoms with Crippen molar-refractivity contribution in [3.05, 3.63) is 46.0 Å². The van der Waals surface area contributed by atoms with E-state index >= 15 is 0 Å². The topological polar surface area (TPSA) is 23.9 Å². The van der Waals surface area contributed by atoms with Gasteiger partial charge in [-0.2, -0.15) is 0 Å². The molecule has 1 aliphatic rings. The maximum Gasteiger partial charge on any atom is 0.0408 e. The van der Waals surface area contributed by atoms with Crippen LogP contribution in [0.4, 0.5) is 0 Å². The van der Waals surface area contributed by atoms with E-state index in [0.29, 0.717) is 11.2 Å². The zero-order valence-corrected chi connectivity index (χ0v) is 13.2. The number of benzene rings is 1. The van der Waals surface area contributed by atoms with Gasteiger partial charge >= 0.3 is 0 Å². The van der Waals surface area contributed by atoms with Gasteiger partial charge in [-0.05, 0) is 48.9 Å². The van der Waals surface area contributed by atoms with Gasteiger partial charge in [0.2, 0.25) is 0 Å². The lowest BCUT2D eigenvalue weighted by Gasteiger charge is -2.10. The molecule has 0 saturated heterocycles. The van der Waals surface area contributed by atoms with Crippen LogP contribution >= 0.6 is 27.5 Å². The van der Waals surface area contributed by atoms with Crippen LogP contribution in [0.1, 0.15) is 37.3 Å². The monoisotopic (exact) mass is 327 g/mol. The molecule has 0 saturated carbocycles. The SMILES string of the molecule is CC1=CC(C)c2ccc(Cl)cc2CC1.N=CCBr. The van der Waals surface area contributed by atoms with E-state index in [9.17, 15) is 0 Å². The molecule has 0 fully saturated rings. The van der Waals surface area contributed by atoms with Gasteiger partial charge in [-0.25, -0.2) is 0 Å². The molecule has 1 aromatic carbocycles. The first-order valence-corrected chi connectivity index (χ1v) is 7.59. The second-order valence-electron chi connectivity index (χ2n) is 4.50. The largest absolute Gasteiger partial charge is 0.312 e. The van der Waals surface area contributed by atoms with Gasteiger partial charge in [-0.1, -0.05) is 52.2 Å². The smallest absolute Gasteiger partial charge is 0.0408 e. The highest BCUT2D eigenvalue weighted by molar-refractivity contribution is 9.09. The van der Waals surface area contributed by atoms with Crippen LogP contribution in [0.25, 0.3) is 0 Å². The quantitative estimate of drug-likeness (QED) is 0.407. The molecule has 18 heavy (non-hydrogen) atoms. The summed E-state index contributed by atoms with van der Waals surface area (Å²) in [5.41, 5.74) is 4.34. The highest BCUT2D eigenvalue weighted by Gasteiger charge is 2.13. The lowest BCUT2D eigenvalue weighted by Crippen LogP contribution is -1.94. The Morgan fingerprint density at radius 1 is 1.44 bits per heavy atom. The Labute approximate surface area is 123 Å². The van der Waals surface area contributed by atoms with Gasteiger partial charge in [-0.3, -0.25) is 0 Å². The molecule has 1 unspecified atom stereocenters. The number of nitrogens with one attached hydrogen (secondary N) is 1. The number of rotatable bonds is 1. The molecule has 0 aliphatic heterocycles. The van der Waals surface area contributed by atoms with Crippen LogP contribution in [0.2, 0.25) is 5.02 Å². The van der Waals surface area contributed by atoms with Crippen LogP contribution in [0, 0.1) is 5.41 Å². The molecule has 1 atom stereocenters. The fraction of sp³-hybridized carbons (Fsp3) is 0.400. The lowest BCUT2D eigenvalue weighted by atomic mass is 9.96. The van der Waals surface area contributed by atoms with Gasteiger partial charge in [-0.15, -0.1) is 0 Å². The lowest BCUT2D eigenvalue weighted by molar-refractivity contribution is 0.939. The molecule has 0 aromatic heterocycles. The van der Waals surface area contributed by atoms with Gasteiger partial charge in [0.05, 0.1) is 0 Å². The van der Waals surface area contributed by atoms with Crippen LogP contribution in [0.5, 0.6) is 0 Å². The number of hydrogen-bond acceptors (Lipinski definition) is 1. The molecule has 0 spiro atoms. The summed E-state index contributed by atoms with van der Waals surface area (Å²) in [5, 5.41) is 7.81. The second kappa shape index (κ2) is 7.75. The number of alkyl halides is 1.